The number of amides is 1. The van der Waals surface area contributed by atoms with Crippen molar-refractivity contribution < 1.29 is 4.79 Å². The Kier molecular flexibility index (Phi) is 4.28. The van der Waals surface area contributed by atoms with Gasteiger partial charge in [0.05, 0.1) is 5.41 Å². The standard InChI is InChI=1S/C14H27N3O/c1-14(7-5-8-15-11-14)13(18)17(3)10-12-6-4-9-16(12)2/h12,15H,4-11H2,1-3H3. The van der Waals surface area contributed by atoms with Crippen molar-refractivity contribution in [3.63, 3.8) is 0 Å². The predicted octanol–water partition coefficient (Wildman–Crippen LogP) is 0.929. The molecule has 2 fully saturated rings. The molecule has 2 heterocycles. The molecule has 4 heteroatoms. The number of carbonyl (C=O) groups excluding carboxylic acids is 1. The number of hydrogen-bond acceptors (Lipinski definition) is 3. The van der Waals surface area contributed by atoms with Gasteiger partial charge in [-0.2, -0.15) is 0 Å². The number of piperidine rings is 1. The minimum Gasteiger partial charge on any atom is -0.344 e. The molecule has 0 aromatic carbocycles. The summed E-state index contributed by atoms with van der Waals surface area (Å²) >= 11 is 0. The smallest absolute Gasteiger partial charge is 0.229 e. The normalized spacial score (nSPS) is 33.6. The molecule has 2 saturated heterocycles. The van der Waals surface area contributed by atoms with E-state index in [-0.39, 0.29) is 5.41 Å². The molecule has 2 aliphatic heterocycles. The van der Waals surface area contributed by atoms with Crippen LogP contribution in [0.3, 0.4) is 0 Å². The van der Waals surface area contributed by atoms with Gasteiger partial charge in [-0.15, -0.1) is 0 Å². The van der Waals surface area contributed by atoms with Crippen LogP contribution in [0.1, 0.15) is 32.6 Å². The molecule has 0 spiro atoms. The first-order valence-electron chi connectivity index (χ1n) is 7.19. The van der Waals surface area contributed by atoms with Crippen molar-refractivity contribution in [1.29, 1.82) is 0 Å². The lowest BCUT2D eigenvalue weighted by Crippen LogP contribution is -2.51. The zero-order valence-electron chi connectivity index (χ0n) is 12.0. The molecular formula is C14H27N3O. The predicted molar refractivity (Wildman–Crippen MR) is 73.5 cm³/mol. The Morgan fingerprint density at radius 3 is 2.83 bits per heavy atom. The van der Waals surface area contributed by atoms with Crippen molar-refractivity contribution >= 4 is 5.91 Å². The van der Waals surface area contributed by atoms with Crippen molar-refractivity contribution in [2.75, 3.05) is 40.3 Å². The number of likely N-dealkylation sites (tertiary alicyclic amines) is 1. The minimum absolute atomic E-state index is 0.190. The van der Waals surface area contributed by atoms with E-state index < -0.39 is 0 Å². The second kappa shape index (κ2) is 5.57. The topological polar surface area (TPSA) is 35.6 Å². The van der Waals surface area contributed by atoms with Gasteiger partial charge >= 0.3 is 0 Å². The fourth-order valence-electron chi connectivity index (χ4n) is 3.31. The van der Waals surface area contributed by atoms with E-state index in [1.807, 2.05) is 11.9 Å². The van der Waals surface area contributed by atoms with Crippen LogP contribution < -0.4 is 5.32 Å². The molecule has 2 rings (SSSR count). The van der Waals surface area contributed by atoms with Gasteiger partial charge in [-0.3, -0.25) is 4.79 Å². The number of nitrogens with one attached hydrogen (secondary N) is 1. The van der Waals surface area contributed by atoms with Gasteiger partial charge in [-0.25, -0.2) is 0 Å². The summed E-state index contributed by atoms with van der Waals surface area (Å²) in [5, 5.41) is 3.36. The van der Waals surface area contributed by atoms with Gasteiger partial charge in [0.2, 0.25) is 5.91 Å². The lowest BCUT2D eigenvalue weighted by atomic mass is 9.81. The molecule has 0 aliphatic carbocycles. The van der Waals surface area contributed by atoms with Gasteiger partial charge in [0, 0.05) is 26.2 Å². The fraction of sp³-hybridized carbons (Fsp3) is 0.929. The van der Waals surface area contributed by atoms with Gasteiger partial charge in [-0.05, 0) is 52.7 Å². The van der Waals surface area contributed by atoms with Crippen LogP contribution >= 0.6 is 0 Å². The second-order valence-electron chi connectivity index (χ2n) is 6.30. The lowest BCUT2D eigenvalue weighted by Gasteiger charge is -2.37. The van der Waals surface area contributed by atoms with Crippen LogP contribution in [-0.4, -0.2) is 62.0 Å². The Balaban J connectivity index is 1.91. The molecule has 4 nitrogen and oxygen atoms in total. The van der Waals surface area contributed by atoms with Gasteiger partial charge in [0.1, 0.15) is 0 Å². The van der Waals surface area contributed by atoms with Gasteiger partial charge in [0.15, 0.2) is 0 Å². The summed E-state index contributed by atoms with van der Waals surface area (Å²) in [7, 11) is 4.13. The summed E-state index contributed by atoms with van der Waals surface area (Å²) in [4.78, 5) is 16.9. The largest absolute Gasteiger partial charge is 0.344 e. The van der Waals surface area contributed by atoms with Crippen LogP contribution in [0.4, 0.5) is 0 Å². The van der Waals surface area contributed by atoms with Gasteiger partial charge in [0.25, 0.3) is 0 Å². The molecule has 2 atom stereocenters. The maximum absolute atomic E-state index is 12.6. The number of nitrogens with zero attached hydrogens (tertiary/aromatic N) is 2. The number of rotatable bonds is 3. The Morgan fingerprint density at radius 1 is 1.50 bits per heavy atom. The van der Waals surface area contributed by atoms with Crippen LogP contribution in [-0.2, 0) is 4.79 Å². The zero-order chi connectivity index (χ0) is 13.2. The molecular weight excluding hydrogens is 226 g/mol. The van der Waals surface area contributed by atoms with Crippen LogP contribution in [0.25, 0.3) is 0 Å². The van der Waals surface area contributed by atoms with Crippen molar-refractivity contribution in [3.05, 3.63) is 0 Å². The Hall–Kier alpha value is -0.610. The molecule has 104 valence electrons. The summed E-state index contributed by atoms with van der Waals surface area (Å²) in [5.74, 6) is 0.315. The van der Waals surface area contributed by atoms with E-state index in [9.17, 15) is 4.79 Å². The highest BCUT2D eigenvalue weighted by Gasteiger charge is 2.37. The van der Waals surface area contributed by atoms with E-state index in [0.717, 1.165) is 32.5 Å². The van der Waals surface area contributed by atoms with E-state index in [4.69, 9.17) is 0 Å². The van der Waals surface area contributed by atoms with Crippen LogP contribution in [0.15, 0.2) is 0 Å². The Bertz CT molecular complexity index is 299. The quantitative estimate of drug-likeness (QED) is 0.813. The minimum atomic E-state index is -0.190. The average Bonchev–Trinajstić information content (AvgIpc) is 2.75. The molecule has 0 saturated carbocycles. The Labute approximate surface area is 111 Å². The average molecular weight is 253 g/mol. The van der Waals surface area contributed by atoms with E-state index in [0.29, 0.717) is 11.9 Å². The first kappa shape index (κ1) is 13.8. The molecule has 2 aliphatic rings. The number of hydrogen-bond donors (Lipinski definition) is 1. The molecule has 0 aromatic heterocycles. The maximum Gasteiger partial charge on any atom is 0.229 e. The van der Waals surface area contributed by atoms with Crippen LogP contribution in [0.2, 0.25) is 0 Å². The van der Waals surface area contributed by atoms with Gasteiger partial charge in [-0.1, -0.05) is 0 Å². The molecule has 2 unspecified atom stereocenters. The monoisotopic (exact) mass is 253 g/mol. The Morgan fingerprint density at radius 2 is 2.28 bits per heavy atom. The van der Waals surface area contributed by atoms with Crippen LogP contribution in [0.5, 0.6) is 0 Å². The summed E-state index contributed by atoms with van der Waals surface area (Å²) in [5.41, 5.74) is -0.190. The van der Waals surface area contributed by atoms with Crippen LogP contribution in [0, 0.1) is 5.41 Å². The lowest BCUT2D eigenvalue weighted by molar-refractivity contribution is -0.141. The molecule has 0 aromatic rings. The molecule has 1 N–H and O–H groups in total. The first-order valence-corrected chi connectivity index (χ1v) is 7.19. The summed E-state index contributed by atoms with van der Waals surface area (Å²) < 4.78 is 0. The summed E-state index contributed by atoms with van der Waals surface area (Å²) in [6.07, 6.45) is 4.62. The maximum atomic E-state index is 12.6. The number of carbonyl (C=O) groups is 1. The highest BCUT2D eigenvalue weighted by molar-refractivity contribution is 5.82. The third kappa shape index (κ3) is 2.86. The van der Waals surface area contributed by atoms with E-state index in [1.165, 1.54) is 19.4 Å². The highest BCUT2D eigenvalue weighted by atomic mass is 16.2. The summed E-state index contributed by atoms with van der Waals surface area (Å²) in [6, 6.07) is 0.555. The van der Waals surface area contributed by atoms with E-state index in [2.05, 4.69) is 24.2 Å². The fourth-order valence-corrected chi connectivity index (χ4v) is 3.31. The zero-order valence-corrected chi connectivity index (χ0v) is 12.0. The number of likely N-dealkylation sites (N-methyl/N-ethyl adjacent to an activating group) is 2. The van der Waals surface area contributed by atoms with Crippen molar-refractivity contribution in [2.24, 2.45) is 5.41 Å². The SMILES string of the molecule is CN(CC1CCCN1C)C(=O)C1(C)CCCNC1. The highest BCUT2D eigenvalue weighted by Crippen LogP contribution is 2.28. The molecule has 0 radical (unpaired) electrons. The molecule has 1 amide bonds. The van der Waals surface area contributed by atoms with Crippen molar-refractivity contribution in [2.45, 2.75) is 38.6 Å². The van der Waals surface area contributed by atoms with Crippen molar-refractivity contribution in [1.82, 2.24) is 15.1 Å². The molecule has 18 heavy (non-hydrogen) atoms. The second-order valence-corrected chi connectivity index (χ2v) is 6.30. The van der Waals surface area contributed by atoms with E-state index in [1.54, 1.807) is 0 Å². The van der Waals surface area contributed by atoms with E-state index >= 15 is 0 Å². The molecule has 0 bridgehead atoms. The first-order chi connectivity index (χ1) is 8.53. The third-order valence-corrected chi connectivity index (χ3v) is 4.62. The van der Waals surface area contributed by atoms with Crippen molar-refractivity contribution in [3.8, 4) is 0 Å². The third-order valence-electron chi connectivity index (χ3n) is 4.62. The summed E-state index contributed by atoms with van der Waals surface area (Å²) in [6.45, 7) is 6.04. The van der Waals surface area contributed by atoms with Gasteiger partial charge < -0.3 is 15.1 Å².